The number of rotatable bonds is 5. The van der Waals surface area contributed by atoms with Gasteiger partial charge >= 0.3 is 5.63 Å². The molecule has 0 fully saturated rings. The summed E-state index contributed by atoms with van der Waals surface area (Å²) in [5, 5.41) is 0.996. The van der Waals surface area contributed by atoms with Crippen molar-refractivity contribution in [3.8, 4) is 0 Å². The molecule has 0 N–H and O–H groups in total. The summed E-state index contributed by atoms with van der Waals surface area (Å²) in [6, 6.07) is 9.61. The van der Waals surface area contributed by atoms with Crippen LogP contribution in [0.1, 0.15) is 36.7 Å². The lowest BCUT2D eigenvalue weighted by Gasteiger charge is -2.24. The zero-order valence-corrected chi connectivity index (χ0v) is 14.2. The highest BCUT2D eigenvalue weighted by Crippen LogP contribution is 2.23. The highest BCUT2D eigenvalue weighted by Gasteiger charge is 2.15. The van der Waals surface area contributed by atoms with Gasteiger partial charge in [-0.15, -0.1) is 0 Å². The average molecular weight is 323 g/mol. The summed E-state index contributed by atoms with van der Waals surface area (Å²) in [6.45, 7) is 4.84. The fourth-order valence-electron chi connectivity index (χ4n) is 2.81. The van der Waals surface area contributed by atoms with Crippen molar-refractivity contribution in [2.75, 3.05) is 7.05 Å². The molecule has 24 heavy (non-hydrogen) atoms. The predicted octanol–water partition coefficient (Wildman–Crippen LogP) is 3.34. The van der Waals surface area contributed by atoms with Gasteiger partial charge in [0.15, 0.2) is 0 Å². The molecule has 0 aliphatic heterocycles. The molecule has 0 aliphatic rings. The molecule has 3 aromatic rings. The van der Waals surface area contributed by atoms with Crippen LogP contribution in [0.3, 0.4) is 0 Å². The minimum absolute atomic E-state index is 0.115. The third kappa shape index (κ3) is 3.36. The van der Waals surface area contributed by atoms with Gasteiger partial charge in [-0.1, -0.05) is 13.0 Å². The van der Waals surface area contributed by atoms with Crippen molar-refractivity contribution in [1.29, 1.82) is 0 Å². The first-order chi connectivity index (χ1) is 11.6. The third-order valence-electron chi connectivity index (χ3n) is 4.41. The van der Waals surface area contributed by atoms with E-state index in [0.29, 0.717) is 12.1 Å². The van der Waals surface area contributed by atoms with Gasteiger partial charge in [-0.3, -0.25) is 4.90 Å². The van der Waals surface area contributed by atoms with Crippen molar-refractivity contribution in [2.24, 2.45) is 0 Å². The van der Waals surface area contributed by atoms with Gasteiger partial charge in [0.2, 0.25) is 0 Å². The Morgan fingerprint density at radius 1 is 1.25 bits per heavy atom. The van der Waals surface area contributed by atoms with E-state index in [9.17, 15) is 4.79 Å². The molecule has 1 aromatic carbocycles. The number of aryl methyl sites for hydroxylation is 1. The van der Waals surface area contributed by atoms with Gasteiger partial charge in [0.05, 0.1) is 5.69 Å². The van der Waals surface area contributed by atoms with Crippen LogP contribution in [0.15, 0.2) is 52.1 Å². The minimum Gasteiger partial charge on any atom is -0.423 e. The minimum atomic E-state index is -0.315. The second kappa shape index (κ2) is 6.93. The third-order valence-corrected chi connectivity index (χ3v) is 4.41. The van der Waals surface area contributed by atoms with Crippen LogP contribution in [-0.4, -0.2) is 21.9 Å². The van der Waals surface area contributed by atoms with Crippen molar-refractivity contribution in [2.45, 2.75) is 32.9 Å². The summed E-state index contributed by atoms with van der Waals surface area (Å²) in [5.74, 6) is 0. The van der Waals surface area contributed by atoms with Gasteiger partial charge in [-0.25, -0.2) is 14.8 Å². The number of nitrogens with zero attached hydrogens (tertiary/aromatic N) is 3. The summed E-state index contributed by atoms with van der Waals surface area (Å²) in [7, 11) is 2.02. The first-order valence-corrected chi connectivity index (χ1v) is 8.10. The molecule has 2 aromatic heterocycles. The Morgan fingerprint density at radius 2 is 2.08 bits per heavy atom. The maximum absolute atomic E-state index is 11.9. The van der Waals surface area contributed by atoms with Gasteiger partial charge in [0.25, 0.3) is 0 Å². The van der Waals surface area contributed by atoms with Crippen molar-refractivity contribution in [3.05, 3.63) is 70.1 Å². The first kappa shape index (κ1) is 16.3. The molecule has 1 atom stereocenters. The Kier molecular flexibility index (Phi) is 4.71. The van der Waals surface area contributed by atoms with Gasteiger partial charge in [0, 0.05) is 30.2 Å². The molecule has 0 aliphatic carbocycles. The summed E-state index contributed by atoms with van der Waals surface area (Å²) < 4.78 is 5.33. The summed E-state index contributed by atoms with van der Waals surface area (Å²) in [6.07, 6.45) is 4.24. The Balaban J connectivity index is 1.95. The van der Waals surface area contributed by atoms with E-state index in [1.165, 1.54) is 5.56 Å². The number of fused-ring (bicyclic) bond motifs is 1. The molecule has 0 amide bonds. The van der Waals surface area contributed by atoms with Crippen LogP contribution in [0, 0.1) is 0 Å². The molecule has 124 valence electrons. The molecule has 3 rings (SSSR count). The smallest absolute Gasteiger partial charge is 0.336 e. The lowest BCUT2D eigenvalue weighted by atomic mass is 10.0. The fraction of sp³-hybridized carbons (Fsp3) is 0.316. The molecule has 0 bridgehead atoms. The van der Waals surface area contributed by atoms with E-state index in [1.54, 1.807) is 18.6 Å². The molecule has 5 heteroatoms. The Labute approximate surface area is 141 Å². The zero-order valence-electron chi connectivity index (χ0n) is 14.2. The van der Waals surface area contributed by atoms with Crippen molar-refractivity contribution >= 4 is 11.0 Å². The van der Waals surface area contributed by atoms with E-state index in [1.807, 2.05) is 25.2 Å². The van der Waals surface area contributed by atoms with Gasteiger partial charge < -0.3 is 4.42 Å². The Bertz CT molecular complexity index is 890. The lowest BCUT2D eigenvalue weighted by molar-refractivity contribution is 0.249. The highest BCUT2D eigenvalue weighted by molar-refractivity contribution is 5.80. The van der Waals surface area contributed by atoms with Crippen LogP contribution in [-0.2, 0) is 13.0 Å². The summed E-state index contributed by atoms with van der Waals surface area (Å²) in [5.41, 5.74) is 3.47. The van der Waals surface area contributed by atoms with Gasteiger partial charge in [-0.2, -0.15) is 0 Å². The number of hydrogen-bond acceptors (Lipinski definition) is 5. The average Bonchev–Trinajstić information content (AvgIpc) is 2.61. The van der Waals surface area contributed by atoms with Crippen molar-refractivity contribution in [1.82, 2.24) is 14.9 Å². The second-order valence-electron chi connectivity index (χ2n) is 6.00. The van der Waals surface area contributed by atoms with E-state index in [0.717, 1.165) is 23.1 Å². The highest BCUT2D eigenvalue weighted by atomic mass is 16.4. The van der Waals surface area contributed by atoms with Crippen LogP contribution in [0.25, 0.3) is 11.0 Å². The predicted molar refractivity (Wildman–Crippen MR) is 93.8 cm³/mol. The quantitative estimate of drug-likeness (QED) is 0.674. The molecule has 0 radical (unpaired) electrons. The number of benzene rings is 1. The van der Waals surface area contributed by atoms with E-state index in [-0.39, 0.29) is 11.7 Å². The van der Waals surface area contributed by atoms with Crippen LogP contribution < -0.4 is 5.63 Å². The van der Waals surface area contributed by atoms with E-state index in [2.05, 4.69) is 34.8 Å². The van der Waals surface area contributed by atoms with Crippen molar-refractivity contribution in [3.63, 3.8) is 0 Å². The molecule has 0 spiro atoms. The number of hydrogen-bond donors (Lipinski definition) is 0. The second-order valence-corrected chi connectivity index (χ2v) is 6.00. The van der Waals surface area contributed by atoms with E-state index < -0.39 is 0 Å². The van der Waals surface area contributed by atoms with Crippen LogP contribution in [0.5, 0.6) is 0 Å². The molecule has 2 heterocycles. The van der Waals surface area contributed by atoms with Crippen LogP contribution >= 0.6 is 0 Å². The van der Waals surface area contributed by atoms with Crippen molar-refractivity contribution < 1.29 is 4.42 Å². The standard InChI is InChI=1S/C19H21N3O2/c1-4-14-5-6-18-16(9-14)15(10-19(23)24-18)11-22(3)13(2)17-7-8-20-12-21-17/h5-10,12-13H,4,11H2,1-3H3/t13-/m0/s1. The maximum Gasteiger partial charge on any atom is 0.336 e. The summed E-state index contributed by atoms with van der Waals surface area (Å²) in [4.78, 5) is 22.3. The molecular formula is C19H21N3O2. The lowest BCUT2D eigenvalue weighted by Crippen LogP contribution is -2.23. The number of aromatic nitrogens is 2. The summed E-state index contributed by atoms with van der Waals surface area (Å²) >= 11 is 0. The maximum atomic E-state index is 11.9. The molecule has 0 saturated carbocycles. The Hall–Kier alpha value is -2.53. The Morgan fingerprint density at radius 3 is 2.79 bits per heavy atom. The molecule has 0 unspecified atom stereocenters. The molecule has 0 saturated heterocycles. The first-order valence-electron chi connectivity index (χ1n) is 8.10. The largest absolute Gasteiger partial charge is 0.423 e. The van der Waals surface area contributed by atoms with E-state index >= 15 is 0 Å². The SMILES string of the molecule is CCc1ccc2oc(=O)cc(CN(C)[C@@H](C)c3ccncn3)c2c1. The topological polar surface area (TPSA) is 59.2 Å². The normalized spacial score (nSPS) is 12.7. The molecule has 5 nitrogen and oxygen atoms in total. The zero-order chi connectivity index (χ0) is 17.1. The van der Waals surface area contributed by atoms with Crippen LogP contribution in [0.4, 0.5) is 0 Å². The van der Waals surface area contributed by atoms with Gasteiger partial charge in [-0.05, 0) is 49.7 Å². The van der Waals surface area contributed by atoms with Gasteiger partial charge in [0.1, 0.15) is 11.9 Å². The van der Waals surface area contributed by atoms with Crippen LogP contribution in [0.2, 0.25) is 0 Å². The monoisotopic (exact) mass is 323 g/mol. The fourth-order valence-corrected chi connectivity index (χ4v) is 2.81. The van der Waals surface area contributed by atoms with E-state index in [4.69, 9.17) is 4.42 Å². The molecular weight excluding hydrogens is 302 g/mol.